The van der Waals surface area contributed by atoms with E-state index in [4.69, 9.17) is 0 Å². The summed E-state index contributed by atoms with van der Waals surface area (Å²) in [6.45, 7) is 3.49. The Bertz CT molecular complexity index is 1010. The van der Waals surface area contributed by atoms with Gasteiger partial charge in [0.05, 0.1) is 18.9 Å². The molecule has 1 amide bonds. The Balaban J connectivity index is 1.90. The smallest absolute Gasteiger partial charge is 0.251 e. The number of sulfonamides is 1. The third-order valence-electron chi connectivity index (χ3n) is 5.49. The third-order valence-corrected chi connectivity index (χ3v) is 7.41. The first-order chi connectivity index (χ1) is 15.2. The Morgan fingerprint density at radius 2 is 2.06 bits per heavy atom. The first-order valence-corrected chi connectivity index (χ1v) is 13.6. The van der Waals surface area contributed by atoms with Crippen molar-refractivity contribution in [3.8, 4) is 0 Å². The number of carbonyl (C=O) groups excluding carboxylic acids is 1. The molecule has 2 aromatic heterocycles. The van der Waals surface area contributed by atoms with Gasteiger partial charge in [0.25, 0.3) is 5.91 Å². The highest BCUT2D eigenvalue weighted by atomic mass is 32.2. The molecule has 0 aromatic carbocycles. The second-order valence-corrected chi connectivity index (χ2v) is 11.2. The van der Waals surface area contributed by atoms with E-state index in [2.05, 4.69) is 22.1 Å². The first-order valence-electron chi connectivity index (χ1n) is 10.8. The lowest BCUT2D eigenvalue weighted by Gasteiger charge is -2.26. The van der Waals surface area contributed by atoms with Crippen molar-refractivity contribution in [1.82, 2.24) is 10.3 Å². The van der Waals surface area contributed by atoms with Crippen molar-refractivity contribution < 1.29 is 18.3 Å². The molecule has 2 N–H and O–H groups in total. The SMILES string of the molecule is CCCN(CC1CC1)c1cc(C(=O)N[C@H](CO)Cc2ccsc2)cc(N(C)S(C)(=O)=O)n1. The van der Waals surface area contributed by atoms with Crippen molar-refractivity contribution in [2.75, 3.05) is 42.2 Å². The van der Waals surface area contributed by atoms with E-state index < -0.39 is 16.1 Å². The monoisotopic (exact) mass is 480 g/mol. The molecule has 32 heavy (non-hydrogen) atoms. The van der Waals surface area contributed by atoms with Crippen molar-refractivity contribution >= 4 is 38.9 Å². The number of thiophene rings is 1. The Hall–Kier alpha value is -2.17. The lowest BCUT2D eigenvalue weighted by atomic mass is 10.1. The quantitative estimate of drug-likeness (QED) is 0.484. The highest BCUT2D eigenvalue weighted by Crippen LogP contribution is 2.32. The van der Waals surface area contributed by atoms with E-state index in [9.17, 15) is 18.3 Å². The third kappa shape index (κ3) is 6.66. The Labute approximate surface area is 194 Å². The van der Waals surface area contributed by atoms with Crippen LogP contribution in [-0.4, -0.2) is 63.5 Å². The molecule has 2 aromatic rings. The highest BCUT2D eigenvalue weighted by molar-refractivity contribution is 7.92. The molecule has 176 valence electrons. The molecule has 2 heterocycles. The van der Waals surface area contributed by atoms with Gasteiger partial charge in [-0.15, -0.1) is 0 Å². The molecule has 1 aliphatic rings. The predicted molar refractivity (Wildman–Crippen MR) is 129 cm³/mol. The van der Waals surface area contributed by atoms with Crippen molar-refractivity contribution in [3.63, 3.8) is 0 Å². The van der Waals surface area contributed by atoms with Gasteiger partial charge in [0, 0.05) is 25.7 Å². The maximum atomic E-state index is 13.1. The summed E-state index contributed by atoms with van der Waals surface area (Å²) < 4.78 is 25.4. The molecule has 0 bridgehead atoms. The number of hydrogen-bond donors (Lipinski definition) is 2. The van der Waals surface area contributed by atoms with Crippen molar-refractivity contribution in [2.24, 2.45) is 5.92 Å². The average Bonchev–Trinajstić information content (AvgIpc) is 3.43. The molecule has 0 spiro atoms. The van der Waals surface area contributed by atoms with E-state index in [0.29, 0.717) is 23.7 Å². The summed E-state index contributed by atoms with van der Waals surface area (Å²) in [6, 6.07) is 4.72. The molecular formula is C22H32N4O4S2. The number of rotatable bonds is 12. The van der Waals surface area contributed by atoms with Gasteiger partial charge in [-0.2, -0.15) is 11.3 Å². The largest absolute Gasteiger partial charge is 0.394 e. The molecule has 0 saturated heterocycles. The van der Waals surface area contributed by atoms with Gasteiger partial charge in [-0.3, -0.25) is 9.10 Å². The number of amides is 1. The molecule has 0 unspecified atom stereocenters. The highest BCUT2D eigenvalue weighted by Gasteiger charge is 2.26. The second-order valence-electron chi connectivity index (χ2n) is 8.38. The fraction of sp³-hybridized carbons (Fsp3) is 0.545. The number of aliphatic hydroxyl groups is 1. The molecule has 1 saturated carbocycles. The van der Waals surface area contributed by atoms with E-state index in [1.807, 2.05) is 16.8 Å². The summed E-state index contributed by atoms with van der Waals surface area (Å²) >= 11 is 1.56. The molecule has 1 fully saturated rings. The summed E-state index contributed by atoms with van der Waals surface area (Å²) in [4.78, 5) is 19.8. The Kier molecular flexibility index (Phi) is 8.13. The van der Waals surface area contributed by atoms with Crippen LogP contribution in [0.5, 0.6) is 0 Å². The molecule has 8 nitrogen and oxygen atoms in total. The molecule has 3 rings (SSSR count). The van der Waals surface area contributed by atoms with Crippen LogP contribution in [0.2, 0.25) is 0 Å². The summed E-state index contributed by atoms with van der Waals surface area (Å²) in [5.74, 6) is 1.04. The minimum absolute atomic E-state index is 0.195. The summed E-state index contributed by atoms with van der Waals surface area (Å²) in [5, 5.41) is 16.6. The van der Waals surface area contributed by atoms with Crippen LogP contribution in [0, 0.1) is 5.92 Å². The van der Waals surface area contributed by atoms with Crippen LogP contribution >= 0.6 is 11.3 Å². The van der Waals surface area contributed by atoms with Crippen molar-refractivity contribution in [1.29, 1.82) is 0 Å². The number of aromatic nitrogens is 1. The molecule has 10 heteroatoms. The maximum absolute atomic E-state index is 13.1. The number of carbonyl (C=O) groups is 1. The van der Waals surface area contributed by atoms with Gasteiger partial charge in [-0.05, 0) is 66.1 Å². The standard InChI is InChI=1S/C22H32N4O4S2/c1-4-8-26(13-16-5-6-16)21-12-18(11-20(24-21)25(2)32(3,29)30)22(28)23-19(14-27)10-17-7-9-31-15-17/h7,9,11-12,15-16,19,27H,4-6,8,10,13-14H2,1-3H3,(H,23,28)/t19-/m0/s1. The zero-order valence-corrected chi connectivity index (χ0v) is 20.5. The van der Waals surface area contributed by atoms with Crippen LogP contribution in [-0.2, 0) is 16.4 Å². The number of pyridine rings is 1. The van der Waals surface area contributed by atoms with Gasteiger partial charge >= 0.3 is 0 Å². The first kappa shape index (κ1) is 24.5. The summed E-state index contributed by atoms with van der Waals surface area (Å²) in [5.41, 5.74) is 1.36. The minimum Gasteiger partial charge on any atom is -0.394 e. The van der Waals surface area contributed by atoms with Gasteiger partial charge in [-0.1, -0.05) is 6.92 Å². The predicted octanol–water partition coefficient (Wildman–Crippen LogP) is 2.50. The van der Waals surface area contributed by atoms with E-state index in [-0.39, 0.29) is 18.3 Å². The minimum atomic E-state index is -3.54. The molecular weight excluding hydrogens is 448 g/mol. The fourth-order valence-electron chi connectivity index (χ4n) is 3.43. The molecule has 1 atom stereocenters. The van der Waals surface area contributed by atoms with Crippen LogP contribution in [0.15, 0.2) is 29.0 Å². The topological polar surface area (TPSA) is 103 Å². The second kappa shape index (κ2) is 10.6. The zero-order chi connectivity index (χ0) is 23.3. The lowest BCUT2D eigenvalue weighted by Crippen LogP contribution is -2.39. The van der Waals surface area contributed by atoms with Crippen LogP contribution in [0.4, 0.5) is 11.6 Å². The number of anilines is 2. The van der Waals surface area contributed by atoms with Crippen molar-refractivity contribution in [2.45, 2.75) is 38.6 Å². The van der Waals surface area contributed by atoms with Crippen LogP contribution in [0.3, 0.4) is 0 Å². The van der Waals surface area contributed by atoms with Gasteiger partial charge in [0.2, 0.25) is 10.0 Å². The van der Waals surface area contributed by atoms with E-state index in [1.165, 1.54) is 26.0 Å². The van der Waals surface area contributed by atoms with Crippen LogP contribution in [0.1, 0.15) is 42.1 Å². The summed E-state index contributed by atoms with van der Waals surface area (Å²) in [7, 11) is -2.11. The van der Waals surface area contributed by atoms with Gasteiger partial charge in [-0.25, -0.2) is 13.4 Å². The zero-order valence-electron chi connectivity index (χ0n) is 18.8. The van der Waals surface area contributed by atoms with Crippen LogP contribution < -0.4 is 14.5 Å². The Morgan fingerprint density at radius 3 is 2.62 bits per heavy atom. The maximum Gasteiger partial charge on any atom is 0.251 e. The van der Waals surface area contributed by atoms with Crippen molar-refractivity contribution in [3.05, 3.63) is 40.1 Å². The van der Waals surface area contributed by atoms with Gasteiger partial charge in [0.15, 0.2) is 0 Å². The molecule has 0 aliphatic heterocycles. The number of hydrogen-bond acceptors (Lipinski definition) is 7. The summed E-state index contributed by atoms with van der Waals surface area (Å²) in [6.07, 6.45) is 4.89. The van der Waals surface area contributed by atoms with E-state index >= 15 is 0 Å². The molecule has 1 aliphatic carbocycles. The fourth-order valence-corrected chi connectivity index (χ4v) is 4.55. The van der Waals surface area contributed by atoms with Crippen LogP contribution in [0.25, 0.3) is 0 Å². The average molecular weight is 481 g/mol. The van der Waals surface area contributed by atoms with E-state index in [0.717, 1.165) is 35.6 Å². The lowest BCUT2D eigenvalue weighted by molar-refractivity contribution is 0.0916. The number of aliphatic hydroxyl groups excluding tert-OH is 1. The normalized spacial score (nSPS) is 14.8. The van der Waals surface area contributed by atoms with E-state index in [1.54, 1.807) is 17.4 Å². The number of nitrogens with one attached hydrogen (secondary N) is 1. The van der Waals surface area contributed by atoms with Gasteiger partial charge in [0.1, 0.15) is 11.6 Å². The number of nitrogens with zero attached hydrogens (tertiary/aromatic N) is 3. The van der Waals surface area contributed by atoms with Gasteiger partial charge < -0.3 is 15.3 Å². The Morgan fingerprint density at radius 1 is 1.34 bits per heavy atom. The molecule has 0 radical (unpaired) electrons.